The van der Waals surface area contributed by atoms with Crippen molar-refractivity contribution < 1.29 is 9.90 Å². The Morgan fingerprint density at radius 1 is 1.38 bits per heavy atom. The van der Waals surface area contributed by atoms with Gasteiger partial charge in [0.05, 0.1) is 12.7 Å². The Bertz CT molecular complexity index is 617. The fourth-order valence-corrected chi connectivity index (χ4v) is 1.87. The van der Waals surface area contributed by atoms with Crippen molar-refractivity contribution in [3.05, 3.63) is 47.8 Å². The normalized spacial score (nSPS) is 13.5. The van der Waals surface area contributed by atoms with Crippen molar-refractivity contribution in [2.75, 3.05) is 11.9 Å². The quantitative estimate of drug-likeness (QED) is 0.802. The number of anilines is 1. The number of hydrogen-bond donors (Lipinski definition) is 3. The van der Waals surface area contributed by atoms with E-state index in [9.17, 15) is 9.90 Å². The summed E-state index contributed by atoms with van der Waals surface area (Å²) in [4.78, 5) is 11.8. The van der Waals surface area contributed by atoms with Crippen LogP contribution in [-0.2, 0) is 12.6 Å². The average Bonchev–Trinajstić information content (AvgIpc) is 2.87. The van der Waals surface area contributed by atoms with Crippen LogP contribution in [0.25, 0.3) is 0 Å². The van der Waals surface area contributed by atoms with Gasteiger partial charge >= 0.3 is 6.03 Å². The second kappa shape index (κ2) is 5.97. The third kappa shape index (κ3) is 4.06. The molecule has 2 rings (SSSR count). The number of nitrogens with zero attached hydrogens (tertiary/aromatic N) is 2. The predicted octanol–water partition coefficient (Wildman–Crippen LogP) is 1.76. The molecule has 0 fully saturated rings. The summed E-state index contributed by atoms with van der Waals surface area (Å²) >= 11 is 0. The molecular formula is C15H20N4O2. The Morgan fingerprint density at radius 3 is 2.62 bits per heavy atom. The minimum Gasteiger partial charge on any atom is -0.383 e. The maximum absolute atomic E-state index is 11.8. The minimum atomic E-state index is -1.17. The SMILES string of the molecule is Cc1ccc(NC(=O)NCC(C)(O)c2cnn(C)c2)cc1. The maximum Gasteiger partial charge on any atom is 0.319 e. The van der Waals surface area contributed by atoms with Crippen LogP contribution in [0.1, 0.15) is 18.1 Å². The number of carbonyl (C=O) groups is 1. The Hall–Kier alpha value is -2.34. The lowest BCUT2D eigenvalue weighted by atomic mass is 10.00. The van der Waals surface area contributed by atoms with Gasteiger partial charge in [-0.25, -0.2) is 4.79 Å². The topological polar surface area (TPSA) is 79.2 Å². The molecule has 0 saturated heterocycles. The first-order chi connectivity index (χ1) is 9.87. The van der Waals surface area contributed by atoms with Crippen molar-refractivity contribution in [2.45, 2.75) is 19.4 Å². The monoisotopic (exact) mass is 288 g/mol. The van der Waals surface area contributed by atoms with Crippen molar-refractivity contribution in [3.8, 4) is 0 Å². The zero-order chi connectivity index (χ0) is 15.5. The molecule has 0 aliphatic rings. The highest BCUT2D eigenvalue weighted by Crippen LogP contribution is 2.18. The van der Waals surface area contributed by atoms with Crippen LogP contribution in [0.5, 0.6) is 0 Å². The van der Waals surface area contributed by atoms with E-state index < -0.39 is 5.60 Å². The minimum absolute atomic E-state index is 0.0936. The Balaban J connectivity index is 1.90. The molecule has 2 amide bonds. The second-order valence-electron chi connectivity index (χ2n) is 5.35. The van der Waals surface area contributed by atoms with Crippen LogP contribution >= 0.6 is 0 Å². The number of rotatable bonds is 4. The lowest BCUT2D eigenvalue weighted by Crippen LogP contribution is -2.40. The largest absolute Gasteiger partial charge is 0.383 e. The first-order valence-corrected chi connectivity index (χ1v) is 6.70. The van der Waals surface area contributed by atoms with Crippen LogP contribution in [0.3, 0.4) is 0 Å². The number of nitrogens with one attached hydrogen (secondary N) is 2. The summed E-state index contributed by atoms with van der Waals surface area (Å²) in [6.07, 6.45) is 3.30. The molecule has 0 aliphatic carbocycles. The number of aromatic nitrogens is 2. The van der Waals surface area contributed by atoms with Gasteiger partial charge < -0.3 is 15.7 Å². The van der Waals surface area contributed by atoms with Crippen LogP contribution in [0.2, 0.25) is 0 Å². The van der Waals surface area contributed by atoms with Gasteiger partial charge in [-0.05, 0) is 26.0 Å². The number of aliphatic hydroxyl groups is 1. The number of aryl methyl sites for hydroxylation is 2. The molecule has 0 aliphatic heterocycles. The third-order valence-electron chi connectivity index (χ3n) is 3.23. The fraction of sp³-hybridized carbons (Fsp3) is 0.333. The summed E-state index contributed by atoms with van der Waals surface area (Å²) in [6, 6.07) is 7.13. The average molecular weight is 288 g/mol. The van der Waals surface area contributed by atoms with Gasteiger partial charge in [-0.1, -0.05) is 17.7 Å². The van der Waals surface area contributed by atoms with E-state index in [4.69, 9.17) is 0 Å². The summed E-state index contributed by atoms with van der Waals surface area (Å²) in [7, 11) is 1.77. The highest BCUT2D eigenvalue weighted by molar-refractivity contribution is 5.89. The Morgan fingerprint density at radius 2 is 2.05 bits per heavy atom. The van der Waals surface area contributed by atoms with E-state index in [2.05, 4.69) is 15.7 Å². The van der Waals surface area contributed by atoms with Gasteiger partial charge in [-0.15, -0.1) is 0 Å². The van der Waals surface area contributed by atoms with Gasteiger partial charge in [0.2, 0.25) is 0 Å². The predicted molar refractivity (Wildman–Crippen MR) is 81.0 cm³/mol. The molecule has 6 heteroatoms. The van der Waals surface area contributed by atoms with Crippen molar-refractivity contribution in [2.24, 2.45) is 7.05 Å². The van der Waals surface area contributed by atoms with Crippen molar-refractivity contribution in [3.63, 3.8) is 0 Å². The van der Waals surface area contributed by atoms with Crippen LogP contribution in [0, 0.1) is 6.92 Å². The fourth-order valence-electron chi connectivity index (χ4n) is 1.87. The summed E-state index contributed by atoms with van der Waals surface area (Å²) in [5, 5.41) is 19.7. The van der Waals surface area contributed by atoms with E-state index >= 15 is 0 Å². The zero-order valence-electron chi connectivity index (χ0n) is 12.4. The third-order valence-corrected chi connectivity index (χ3v) is 3.23. The number of urea groups is 1. The molecular weight excluding hydrogens is 268 g/mol. The standard InChI is InChI=1S/C15H20N4O2/c1-11-4-6-13(7-5-11)18-14(20)16-10-15(2,21)12-8-17-19(3)9-12/h4-9,21H,10H2,1-3H3,(H2,16,18,20). The summed E-state index contributed by atoms with van der Waals surface area (Å²) in [5.74, 6) is 0. The van der Waals surface area contributed by atoms with Gasteiger partial charge in [-0.3, -0.25) is 4.68 Å². The number of carbonyl (C=O) groups excluding carboxylic acids is 1. The molecule has 0 saturated carbocycles. The van der Waals surface area contributed by atoms with Gasteiger partial charge in [0.1, 0.15) is 5.60 Å². The summed E-state index contributed by atoms with van der Waals surface area (Å²) < 4.78 is 1.61. The second-order valence-corrected chi connectivity index (χ2v) is 5.35. The molecule has 0 radical (unpaired) electrons. The summed E-state index contributed by atoms with van der Waals surface area (Å²) in [5.41, 5.74) is 1.32. The van der Waals surface area contributed by atoms with E-state index in [1.165, 1.54) is 0 Å². The van der Waals surface area contributed by atoms with Crippen LogP contribution in [0.4, 0.5) is 10.5 Å². The molecule has 1 unspecified atom stereocenters. The zero-order valence-corrected chi connectivity index (χ0v) is 12.4. The molecule has 21 heavy (non-hydrogen) atoms. The number of hydrogen-bond acceptors (Lipinski definition) is 3. The van der Waals surface area contributed by atoms with E-state index in [0.717, 1.165) is 5.56 Å². The molecule has 1 aromatic carbocycles. The lowest BCUT2D eigenvalue weighted by Gasteiger charge is -2.22. The molecule has 6 nitrogen and oxygen atoms in total. The van der Waals surface area contributed by atoms with E-state index in [1.807, 2.05) is 31.2 Å². The first kappa shape index (κ1) is 15.1. The van der Waals surface area contributed by atoms with Crippen LogP contribution in [-0.4, -0.2) is 27.5 Å². The van der Waals surface area contributed by atoms with Gasteiger partial charge in [0.25, 0.3) is 0 Å². The molecule has 112 valence electrons. The van der Waals surface area contributed by atoms with E-state index in [0.29, 0.717) is 11.3 Å². The Labute approximate surface area is 123 Å². The number of amides is 2. The molecule has 1 aromatic heterocycles. The Kier molecular flexibility index (Phi) is 4.28. The van der Waals surface area contributed by atoms with Gasteiger partial charge in [0.15, 0.2) is 0 Å². The smallest absolute Gasteiger partial charge is 0.319 e. The first-order valence-electron chi connectivity index (χ1n) is 6.70. The van der Waals surface area contributed by atoms with Gasteiger partial charge in [0, 0.05) is 24.5 Å². The molecule has 3 N–H and O–H groups in total. The van der Waals surface area contributed by atoms with Crippen molar-refractivity contribution in [1.82, 2.24) is 15.1 Å². The van der Waals surface area contributed by atoms with Crippen LogP contribution in [0.15, 0.2) is 36.7 Å². The molecule has 1 heterocycles. The molecule has 1 atom stereocenters. The maximum atomic E-state index is 11.8. The lowest BCUT2D eigenvalue weighted by molar-refractivity contribution is 0.0599. The van der Waals surface area contributed by atoms with Crippen molar-refractivity contribution >= 4 is 11.7 Å². The van der Waals surface area contributed by atoms with Gasteiger partial charge in [-0.2, -0.15) is 5.10 Å². The molecule has 0 spiro atoms. The van der Waals surface area contributed by atoms with Crippen molar-refractivity contribution in [1.29, 1.82) is 0 Å². The highest BCUT2D eigenvalue weighted by atomic mass is 16.3. The molecule has 0 bridgehead atoms. The molecule has 2 aromatic rings. The number of benzene rings is 1. The highest BCUT2D eigenvalue weighted by Gasteiger charge is 2.25. The summed E-state index contributed by atoms with van der Waals surface area (Å²) in [6.45, 7) is 3.71. The van der Waals surface area contributed by atoms with E-state index in [-0.39, 0.29) is 12.6 Å². The van der Waals surface area contributed by atoms with E-state index in [1.54, 1.807) is 31.0 Å². The van der Waals surface area contributed by atoms with Crippen LogP contribution < -0.4 is 10.6 Å².